The van der Waals surface area contributed by atoms with E-state index in [0.717, 1.165) is 30.0 Å². The third-order valence-electron chi connectivity index (χ3n) is 5.30. The van der Waals surface area contributed by atoms with E-state index in [1.54, 1.807) is 5.40 Å². The number of thiocyanates is 1. The van der Waals surface area contributed by atoms with Crippen LogP contribution in [0.1, 0.15) is 61.6 Å². The summed E-state index contributed by atoms with van der Waals surface area (Å²) in [6, 6.07) is 10.5. The molecule has 29 heavy (non-hydrogen) atoms. The van der Waals surface area contributed by atoms with E-state index in [-0.39, 0.29) is 10.5 Å². The monoisotopic (exact) mass is 407 g/mol. The quantitative estimate of drug-likeness (QED) is 0.232. The van der Waals surface area contributed by atoms with Crippen LogP contribution >= 0.6 is 11.8 Å². The molecule has 1 saturated carbocycles. The molecule has 1 aliphatic carbocycles. The molecule has 0 aromatic heterocycles. The van der Waals surface area contributed by atoms with Gasteiger partial charge in [-0.15, -0.1) is 0 Å². The average Bonchev–Trinajstić information content (AvgIpc) is 2.74. The summed E-state index contributed by atoms with van der Waals surface area (Å²) in [5.74, 6) is 5.55. The third kappa shape index (κ3) is 5.72. The molecule has 4 heteroatoms. The van der Waals surface area contributed by atoms with Crippen LogP contribution < -0.4 is 0 Å². The first-order valence-corrected chi connectivity index (χ1v) is 10.8. The number of nitrogens with zero attached hydrogens (tertiary/aromatic N) is 1. The molecule has 0 N–H and O–H groups in total. The standard InChI is InChI=1S/C25H23F2NS/c1-2-3-4-18-7-11-21(12-8-18)22-13-9-19(10-14-22)5-6-20-15-23(26)25(29-17-28)24(27)16-20/h3-4,9-10,13-16,18,21H,2,7-8,11-12H2,1H3/b4-3+. The maximum absolute atomic E-state index is 13.9. The highest BCUT2D eigenvalue weighted by Crippen LogP contribution is 2.36. The second-order valence-corrected chi connectivity index (χ2v) is 8.08. The number of halogens is 2. The minimum Gasteiger partial charge on any atom is -0.206 e. The molecule has 0 atom stereocenters. The molecule has 0 amide bonds. The Morgan fingerprint density at radius 2 is 1.62 bits per heavy atom. The van der Waals surface area contributed by atoms with Crippen LogP contribution in [-0.2, 0) is 0 Å². The fourth-order valence-corrected chi connectivity index (χ4v) is 4.14. The molecule has 1 fully saturated rings. The minimum absolute atomic E-state index is 0.254. The van der Waals surface area contributed by atoms with Gasteiger partial charge in [0.25, 0.3) is 0 Å². The predicted octanol–water partition coefficient (Wildman–Crippen LogP) is 7.18. The Hall–Kier alpha value is -2.56. The van der Waals surface area contributed by atoms with Crippen molar-refractivity contribution in [2.75, 3.05) is 0 Å². The van der Waals surface area contributed by atoms with Crippen molar-refractivity contribution in [2.45, 2.75) is 49.8 Å². The van der Waals surface area contributed by atoms with Crippen molar-refractivity contribution in [3.05, 3.63) is 76.9 Å². The molecular weight excluding hydrogens is 384 g/mol. The van der Waals surface area contributed by atoms with Crippen LogP contribution in [0.3, 0.4) is 0 Å². The molecular formula is C25H23F2NS. The molecule has 0 radical (unpaired) electrons. The number of hydrogen-bond acceptors (Lipinski definition) is 2. The predicted molar refractivity (Wildman–Crippen MR) is 114 cm³/mol. The summed E-state index contributed by atoms with van der Waals surface area (Å²) < 4.78 is 27.8. The second-order valence-electron chi connectivity index (χ2n) is 7.28. The van der Waals surface area contributed by atoms with Gasteiger partial charge in [-0.1, -0.05) is 43.0 Å². The number of benzene rings is 2. The highest BCUT2D eigenvalue weighted by Gasteiger charge is 2.20. The number of hydrogen-bond donors (Lipinski definition) is 0. The topological polar surface area (TPSA) is 23.8 Å². The van der Waals surface area contributed by atoms with E-state index < -0.39 is 11.6 Å². The van der Waals surface area contributed by atoms with Gasteiger partial charge in [-0.05, 0) is 85.5 Å². The molecule has 1 nitrogen and oxygen atoms in total. The van der Waals surface area contributed by atoms with Crippen molar-refractivity contribution in [2.24, 2.45) is 5.92 Å². The third-order valence-corrected chi connectivity index (χ3v) is 5.98. The summed E-state index contributed by atoms with van der Waals surface area (Å²) in [5, 5.41) is 10.3. The first kappa shape index (κ1) is 21.2. The van der Waals surface area contributed by atoms with Crippen molar-refractivity contribution in [3.8, 4) is 17.2 Å². The summed E-state index contributed by atoms with van der Waals surface area (Å²) >= 11 is 0.474. The minimum atomic E-state index is -0.763. The molecule has 0 saturated heterocycles. The van der Waals surface area contributed by atoms with Gasteiger partial charge in [-0.3, -0.25) is 0 Å². The van der Waals surface area contributed by atoms with Crippen molar-refractivity contribution in [1.29, 1.82) is 5.26 Å². The van der Waals surface area contributed by atoms with Crippen LogP contribution in [0.15, 0.2) is 53.4 Å². The molecule has 0 heterocycles. The first-order chi connectivity index (χ1) is 14.1. The van der Waals surface area contributed by atoms with Gasteiger partial charge in [0.15, 0.2) is 0 Å². The smallest absolute Gasteiger partial charge is 0.142 e. The largest absolute Gasteiger partial charge is 0.206 e. The van der Waals surface area contributed by atoms with Crippen LogP contribution in [-0.4, -0.2) is 0 Å². The zero-order valence-electron chi connectivity index (χ0n) is 16.4. The average molecular weight is 408 g/mol. The Labute approximate surface area is 175 Å². The first-order valence-electron chi connectivity index (χ1n) is 9.94. The molecule has 0 unspecified atom stereocenters. The van der Waals surface area contributed by atoms with Gasteiger partial charge in [0, 0.05) is 11.1 Å². The van der Waals surface area contributed by atoms with Gasteiger partial charge in [0.1, 0.15) is 17.0 Å². The Morgan fingerprint density at radius 1 is 1.00 bits per heavy atom. The van der Waals surface area contributed by atoms with Gasteiger partial charge in [-0.2, -0.15) is 5.26 Å². The Kier molecular flexibility index (Phi) is 7.50. The van der Waals surface area contributed by atoms with E-state index in [4.69, 9.17) is 5.26 Å². The maximum atomic E-state index is 13.9. The molecule has 1 aliphatic rings. The lowest BCUT2D eigenvalue weighted by molar-refractivity contribution is 0.375. The van der Waals surface area contributed by atoms with E-state index in [1.807, 2.05) is 12.1 Å². The van der Waals surface area contributed by atoms with Crippen molar-refractivity contribution < 1.29 is 8.78 Å². The lowest BCUT2D eigenvalue weighted by atomic mass is 9.78. The van der Waals surface area contributed by atoms with E-state index in [2.05, 4.69) is 43.0 Å². The van der Waals surface area contributed by atoms with Gasteiger partial charge in [-0.25, -0.2) is 8.78 Å². The zero-order chi connectivity index (χ0) is 20.6. The highest BCUT2D eigenvalue weighted by molar-refractivity contribution is 8.03. The van der Waals surface area contributed by atoms with Crippen LogP contribution in [0, 0.1) is 40.1 Å². The van der Waals surface area contributed by atoms with Gasteiger partial charge < -0.3 is 0 Å². The van der Waals surface area contributed by atoms with E-state index in [0.29, 0.717) is 17.7 Å². The summed E-state index contributed by atoms with van der Waals surface area (Å²) in [6.45, 7) is 2.17. The maximum Gasteiger partial charge on any atom is 0.142 e. The van der Waals surface area contributed by atoms with E-state index in [9.17, 15) is 8.78 Å². The summed E-state index contributed by atoms with van der Waals surface area (Å²) in [7, 11) is 0. The molecule has 0 spiro atoms. The molecule has 2 aromatic rings. The molecule has 0 aliphatic heterocycles. The normalized spacial score (nSPS) is 18.8. The molecule has 148 valence electrons. The van der Waals surface area contributed by atoms with Gasteiger partial charge >= 0.3 is 0 Å². The fourth-order valence-electron chi connectivity index (χ4n) is 3.73. The van der Waals surface area contributed by atoms with Crippen molar-refractivity contribution in [1.82, 2.24) is 0 Å². The van der Waals surface area contributed by atoms with Crippen molar-refractivity contribution in [3.63, 3.8) is 0 Å². The SMILES string of the molecule is CC/C=C/C1CCC(c2ccc(C#Cc3cc(F)c(SC#N)c(F)c3)cc2)CC1. The van der Waals surface area contributed by atoms with Crippen LogP contribution in [0.5, 0.6) is 0 Å². The Bertz CT molecular complexity index is 946. The fraction of sp³-hybridized carbons (Fsp3) is 0.320. The lowest BCUT2D eigenvalue weighted by Crippen LogP contribution is -2.11. The van der Waals surface area contributed by atoms with Crippen LogP contribution in [0.25, 0.3) is 0 Å². The molecule has 3 rings (SSSR count). The summed E-state index contributed by atoms with van der Waals surface area (Å²) in [4.78, 5) is -0.290. The second kappa shape index (κ2) is 10.3. The number of nitriles is 1. The number of thioether (sulfide) groups is 1. The van der Waals surface area contributed by atoms with Crippen molar-refractivity contribution >= 4 is 11.8 Å². The van der Waals surface area contributed by atoms with Gasteiger partial charge in [0.05, 0.1) is 4.90 Å². The van der Waals surface area contributed by atoms with E-state index >= 15 is 0 Å². The van der Waals surface area contributed by atoms with Gasteiger partial charge in [0.2, 0.25) is 0 Å². The number of allylic oxidation sites excluding steroid dienone is 2. The number of rotatable bonds is 4. The zero-order valence-corrected chi connectivity index (χ0v) is 17.2. The summed E-state index contributed by atoms with van der Waals surface area (Å²) in [5.41, 5.74) is 2.40. The highest BCUT2D eigenvalue weighted by atomic mass is 32.2. The van der Waals surface area contributed by atoms with Crippen LogP contribution in [0.4, 0.5) is 8.78 Å². The lowest BCUT2D eigenvalue weighted by Gasteiger charge is -2.27. The molecule has 0 bridgehead atoms. The van der Waals surface area contributed by atoms with Crippen LogP contribution in [0.2, 0.25) is 0 Å². The molecule has 2 aromatic carbocycles. The summed E-state index contributed by atoms with van der Waals surface area (Å²) in [6.07, 6.45) is 10.6. The van der Waals surface area contributed by atoms with E-state index in [1.165, 1.54) is 31.2 Å². The Balaban J connectivity index is 1.65. The Morgan fingerprint density at radius 3 is 2.21 bits per heavy atom.